The molecule has 0 atom stereocenters. The van der Waals surface area contributed by atoms with Crippen LogP contribution in [0.4, 0.5) is 0 Å². The highest BCUT2D eigenvalue weighted by Crippen LogP contribution is 2.19. The Balaban J connectivity index is 2.11. The lowest BCUT2D eigenvalue weighted by Gasteiger charge is -1.96. The second-order valence-electron chi connectivity index (χ2n) is 4.05. The third-order valence-electron chi connectivity index (χ3n) is 2.54. The molecule has 0 radical (unpaired) electrons. The fourth-order valence-electron chi connectivity index (χ4n) is 1.59. The number of aliphatic carboxylic acids is 1. The summed E-state index contributed by atoms with van der Waals surface area (Å²) >= 11 is 1.22. The summed E-state index contributed by atoms with van der Waals surface area (Å²) in [6, 6.07) is 5.46. The number of aliphatic hydroxyl groups excluding tert-OH is 1. The van der Waals surface area contributed by atoms with Crippen LogP contribution in [0.2, 0.25) is 0 Å². The fourth-order valence-corrected chi connectivity index (χ4v) is 2.42. The second kappa shape index (κ2) is 6.12. The quantitative estimate of drug-likeness (QED) is 0.501. The maximum Gasteiger partial charge on any atom is 0.371 e. The Morgan fingerprint density at radius 1 is 1.20 bits per heavy atom. The molecule has 2 rings (SSSR count). The fraction of sp³-hybridized carbons (Fsp3) is 0.0714. The van der Waals surface area contributed by atoms with Gasteiger partial charge in [-0.05, 0) is 41.1 Å². The first-order valence-electron chi connectivity index (χ1n) is 5.71. The van der Waals surface area contributed by atoms with Gasteiger partial charge in [0.05, 0.1) is 4.88 Å². The third kappa shape index (κ3) is 3.52. The Hall–Kier alpha value is -2.47. The van der Waals surface area contributed by atoms with Gasteiger partial charge in [-0.15, -0.1) is 11.3 Å². The van der Waals surface area contributed by atoms with Gasteiger partial charge in [-0.25, -0.2) is 4.79 Å². The Labute approximate surface area is 118 Å². The van der Waals surface area contributed by atoms with Gasteiger partial charge in [0.15, 0.2) is 5.78 Å². The van der Waals surface area contributed by atoms with Crippen LogP contribution in [0.1, 0.15) is 20.8 Å². The van der Waals surface area contributed by atoms with Gasteiger partial charge >= 0.3 is 5.97 Å². The average molecular weight is 289 g/mol. The number of thiophene rings is 1. The van der Waals surface area contributed by atoms with Crippen molar-refractivity contribution in [1.29, 1.82) is 0 Å². The SMILES string of the molecule is O=C(O)/C(O)=C/C(=O)c1cc(Cc2ccncc2)cs1. The molecule has 0 fully saturated rings. The second-order valence-corrected chi connectivity index (χ2v) is 4.96. The van der Waals surface area contributed by atoms with Crippen molar-refractivity contribution in [3.05, 3.63) is 63.8 Å². The monoisotopic (exact) mass is 289 g/mol. The van der Waals surface area contributed by atoms with Crippen LogP contribution in [0.25, 0.3) is 0 Å². The maximum atomic E-state index is 11.7. The number of carboxylic acids is 1. The highest BCUT2D eigenvalue weighted by Gasteiger charge is 2.11. The summed E-state index contributed by atoms with van der Waals surface area (Å²) in [4.78, 5) is 26.5. The van der Waals surface area contributed by atoms with Crippen molar-refractivity contribution in [3.8, 4) is 0 Å². The number of carbonyl (C=O) groups excluding carboxylic acids is 1. The van der Waals surface area contributed by atoms with Crippen molar-refractivity contribution in [1.82, 2.24) is 4.98 Å². The number of rotatable bonds is 5. The average Bonchev–Trinajstić information content (AvgIpc) is 2.88. The van der Waals surface area contributed by atoms with Crippen molar-refractivity contribution in [2.45, 2.75) is 6.42 Å². The Morgan fingerprint density at radius 2 is 1.90 bits per heavy atom. The first kappa shape index (κ1) is 14.0. The number of nitrogens with zero attached hydrogens (tertiary/aromatic N) is 1. The molecular formula is C14H11NO4S. The molecule has 0 bridgehead atoms. The summed E-state index contributed by atoms with van der Waals surface area (Å²) in [5, 5.41) is 19.4. The molecular weight excluding hydrogens is 278 g/mol. The highest BCUT2D eigenvalue weighted by atomic mass is 32.1. The molecule has 2 aromatic rings. The molecule has 5 nitrogen and oxygen atoms in total. The van der Waals surface area contributed by atoms with Crippen molar-refractivity contribution in [2.75, 3.05) is 0 Å². The summed E-state index contributed by atoms with van der Waals surface area (Å²) in [5.41, 5.74) is 2.02. The molecule has 2 N–H and O–H groups in total. The Morgan fingerprint density at radius 3 is 2.55 bits per heavy atom. The van der Waals surface area contributed by atoms with Crippen LogP contribution in [0.5, 0.6) is 0 Å². The Kier molecular flexibility index (Phi) is 4.27. The molecule has 0 aliphatic heterocycles. The van der Waals surface area contributed by atoms with Gasteiger partial charge in [0.1, 0.15) is 0 Å². The maximum absolute atomic E-state index is 11.7. The molecule has 0 aliphatic rings. The van der Waals surface area contributed by atoms with Gasteiger partial charge in [0.25, 0.3) is 0 Å². The zero-order valence-electron chi connectivity index (χ0n) is 10.3. The van der Waals surface area contributed by atoms with Crippen molar-refractivity contribution < 1.29 is 19.8 Å². The lowest BCUT2D eigenvalue weighted by atomic mass is 10.1. The number of aromatic nitrogens is 1. The van der Waals surface area contributed by atoms with E-state index in [4.69, 9.17) is 10.2 Å². The number of pyridine rings is 1. The standard InChI is InChI=1S/C14H11NO4S/c16-11(7-12(17)14(18)19)13-6-10(8-20-13)5-9-1-3-15-4-2-9/h1-4,6-8,17H,5H2,(H,18,19)/b12-7-. The van der Waals surface area contributed by atoms with E-state index in [0.29, 0.717) is 17.4 Å². The van der Waals surface area contributed by atoms with Crippen LogP contribution in [0.15, 0.2) is 47.8 Å². The van der Waals surface area contributed by atoms with Gasteiger partial charge in [-0.3, -0.25) is 9.78 Å². The molecule has 2 heterocycles. The van der Waals surface area contributed by atoms with E-state index >= 15 is 0 Å². The summed E-state index contributed by atoms with van der Waals surface area (Å²) < 4.78 is 0. The summed E-state index contributed by atoms with van der Waals surface area (Å²) in [6.45, 7) is 0. The number of ketones is 1. The summed E-state index contributed by atoms with van der Waals surface area (Å²) in [7, 11) is 0. The number of hydrogen-bond donors (Lipinski definition) is 2. The number of aliphatic hydroxyl groups is 1. The molecule has 102 valence electrons. The molecule has 0 amide bonds. The van der Waals surface area contributed by atoms with E-state index in [-0.39, 0.29) is 0 Å². The molecule has 0 spiro atoms. The first-order valence-corrected chi connectivity index (χ1v) is 6.59. The molecule has 0 saturated carbocycles. The predicted octanol–water partition coefficient (Wildman–Crippen LogP) is 2.44. The molecule has 2 aromatic heterocycles. The molecule has 0 saturated heterocycles. The van der Waals surface area contributed by atoms with E-state index in [9.17, 15) is 9.59 Å². The number of carbonyl (C=O) groups is 2. The van der Waals surface area contributed by atoms with E-state index in [0.717, 1.165) is 11.1 Å². The zero-order chi connectivity index (χ0) is 14.5. The lowest BCUT2D eigenvalue weighted by Crippen LogP contribution is -2.02. The van der Waals surface area contributed by atoms with Crippen LogP contribution in [-0.2, 0) is 11.2 Å². The highest BCUT2D eigenvalue weighted by molar-refractivity contribution is 7.12. The first-order chi connectivity index (χ1) is 9.56. The zero-order valence-corrected chi connectivity index (χ0v) is 11.1. The largest absolute Gasteiger partial charge is 0.502 e. The number of allylic oxidation sites excluding steroid dienone is 1. The minimum Gasteiger partial charge on any atom is -0.502 e. The van der Waals surface area contributed by atoms with Crippen LogP contribution < -0.4 is 0 Å². The van der Waals surface area contributed by atoms with E-state index in [1.807, 2.05) is 17.5 Å². The van der Waals surface area contributed by atoms with Crippen molar-refractivity contribution in [3.63, 3.8) is 0 Å². The summed E-state index contributed by atoms with van der Waals surface area (Å²) in [6.07, 6.45) is 4.77. The van der Waals surface area contributed by atoms with Gasteiger partial charge in [-0.2, -0.15) is 0 Å². The van der Waals surface area contributed by atoms with E-state index < -0.39 is 17.5 Å². The van der Waals surface area contributed by atoms with E-state index in [1.54, 1.807) is 18.5 Å². The Bertz CT molecular complexity index is 661. The third-order valence-corrected chi connectivity index (χ3v) is 3.53. The van der Waals surface area contributed by atoms with Crippen molar-refractivity contribution >= 4 is 23.1 Å². The molecule has 0 unspecified atom stereocenters. The van der Waals surface area contributed by atoms with Crippen LogP contribution in [-0.4, -0.2) is 26.9 Å². The lowest BCUT2D eigenvalue weighted by molar-refractivity contribution is -0.135. The topological polar surface area (TPSA) is 87.5 Å². The van der Waals surface area contributed by atoms with Gasteiger partial charge < -0.3 is 10.2 Å². The smallest absolute Gasteiger partial charge is 0.371 e. The molecule has 0 aliphatic carbocycles. The normalized spacial score (nSPS) is 11.3. The van der Waals surface area contributed by atoms with Crippen LogP contribution in [0.3, 0.4) is 0 Å². The van der Waals surface area contributed by atoms with Crippen LogP contribution in [0, 0.1) is 0 Å². The number of carboxylic acid groups (broad SMARTS) is 1. The summed E-state index contributed by atoms with van der Waals surface area (Å²) in [5.74, 6) is -3.00. The van der Waals surface area contributed by atoms with Crippen LogP contribution >= 0.6 is 11.3 Å². The predicted molar refractivity (Wildman–Crippen MR) is 74.0 cm³/mol. The minimum absolute atomic E-state index is 0.391. The molecule has 6 heteroatoms. The minimum atomic E-state index is -1.52. The molecule has 0 aromatic carbocycles. The van der Waals surface area contributed by atoms with Gasteiger partial charge in [0, 0.05) is 18.5 Å². The van der Waals surface area contributed by atoms with E-state index in [1.165, 1.54) is 11.3 Å². The van der Waals surface area contributed by atoms with Gasteiger partial charge in [0.2, 0.25) is 5.76 Å². The number of hydrogen-bond acceptors (Lipinski definition) is 5. The van der Waals surface area contributed by atoms with E-state index in [2.05, 4.69) is 4.98 Å². The van der Waals surface area contributed by atoms with Crippen molar-refractivity contribution in [2.24, 2.45) is 0 Å². The van der Waals surface area contributed by atoms with Gasteiger partial charge in [-0.1, -0.05) is 0 Å². The molecule has 20 heavy (non-hydrogen) atoms.